The molecule has 1 saturated carbocycles. The third-order valence-electron chi connectivity index (χ3n) is 4.79. The van der Waals surface area contributed by atoms with Gasteiger partial charge in [-0.05, 0) is 63.1 Å². The molecule has 3 rings (SSSR count). The van der Waals surface area contributed by atoms with E-state index in [1.807, 2.05) is 4.72 Å². The van der Waals surface area contributed by atoms with Gasteiger partial charge >= 0.3 is 11.7 Å². The van der Waals surface area contributed by atoms with Crippen LogP contribution in [0, 0.1) is 20.8 Å². The highest BCUT2D eigenvalue weighted by atomic mass is 32.2. The summed E-state index contributed by atoms with van der Waals surface area (Å²) in [7, 11) is -4.28. The lowest BCUT2D eigenvalue weighted by atomic mass is 9.99. The Hall–Kier alpha value is -2.68. The second kappa shape index (κ2) is 7.75. The summed E-state index contributed by atoms with van der Waals surface area (Å²) < 4.78 is 32.9. The fraction of sp³-hybridized carbons (Fsp3) is 0.421. The smallest absolute Gasteiger partial charge is 0.349 e. The van der Waals surface area contributed by atoms with Crippen LogP contribution in [0.5, 0.6) is 0 Å². The molecule has 0 unspecified atom stereocenters. The first kappa shape index (κ1) is 20.1. The summed E-state index contributed by atoms with van der Waals surface area (Å²) >= 11 is 0. The van der Waals surface area contributed by atoms with E-state index < -0.39 is 21.7 Å². The first-order chi connectivity index (χ1) is 13.2. The van der Waals surface area contributed by atoms with Crippen molar-refractivity contribution in [2.24, 2.45) is 5.10 Å². The van der Waals surface area contributed by atoms with Gasteiger partial charge in [-0.1, -0.05) is 12.5 Å². The maximum Gasteiger partial charge on any atom is 0.349 e. The lowest BCUT2D eigenvalue weighted by molar-refractivity contribution is 0.246. The molecule has 1 aliphatic rings. The Labute approximate surface area is 163 Å². The van der Waals surface area contributed by atoms with E-state index in [1.54, 1.807) is 26.8 Å². The number of urea groups is 1. The van der Waals surface area contributed by atoms with Crippen molar-refractivity contribution >= 4 is 32.7 Å². The van der Waals surface area contributed by atoms with Crippen LogP contribution in [0.4, 0.5) is 4.79 Å². The molecule has 1 heterocycles. The molecule has 1 aromatic carbocycles. The topological polar surface area (TPSA) is 118 Å². The summed E-state index contributed by atoms with van der Waals surface area (Å²) in [6, 6.07) is 2.03. The Bertz CT molecular complexity index is 1120. The van der Waals surface area contributed by atoms with Crippen molar-refractivity contribution in [2.75, 3.05) is 0 Å². The number of amides is 2. The molecule has 1 fully saturated rings. The number of sulfonamides is 1. The maximum atomic E-state index is 12.9. The number of carbonyl (C=O) groups is 1. The van der Waals surface area contributed by atoms with Crippen LogP contribution in [0.3, 0.4) is 0 Å². The molecule has 0 saturated heterocycles. The monoisotopic (exact) mass is 405 g/mol. The van der Waals surface area contributed by atoms with E-state index in [0.29, 0.717) is 16.5 Å². The number of aryl methyl sites for hydroxylation is 3. The molecule has 2 N–H and O–H groups in total. The Balaban J connectivity index is 1.96. The zero-order valence-electron chi connectivity index (χ0n) is 16.1. The largest absolute Gasteiger partial charge is 0.421 e. The number of carbonyl (C=O) groups excluding carboxylic acids is 1. The molecule has 150 valence electrons. The Morgan fingerprint density at radius 3 is 2.36 bits per heavy atom. The number of nitrogens with one attached hydrogen (secondary N) is 2. The van der Waals surface area contributed by atoms with Gasteiger partial charge in [-0.25, -0.2) is 28.2 Å². The minimum atomic E-state index is -4.28. The first-order valence-corrected chi connectivity index (χ1v) is 10.6. The summed E-state index contributed by atoms with van der Waals surface area (Å²) in [5, 5.41) is 4.54. The quantitative estimate of drug-likeness (QED) is 0.601. The second-order valence-corrected chi connectivity index (χ2v) is 8.70. The number of hydrogen-bond acceptors (Lipinski definition) is 6. The highest BCUT2D eigenvalue weighted by molar-refractivity contribution is 7.90. The average Bonchev–Trinajstić information content (AvgIpc) is 2.59. The van der Waals surface area contributed by atoms with Gasteiger partial charge in [0, 0.05) is 17.2 Å². The van der Waals surface area contributed by atoms with Gasteiger partial charge in [0.1, 0.15) is 4.90 Å². The number of benzene rings is 1. The third-order valence-corrected chi connectivity index (χ3v) is 6.29. The van der Waals surface area contributed by atoms with Gasteiger partial charge < -0.3 is 4.42 Å². The lowest BCUT2D eigenvalue weighted by Crippen LogP contribution is -2.38. The number of rotatable bonds is 3. The lowest BCUT2D eigenvalue weighted by Gasteiger charge is -2.14. The van der Waals surface area contributed by atoms with Crippen molar-refractivity contribution in [2.45, 2.75) is 57.8 Å². The van der Waals surface area contributed by atoms with E-state index in [9.17, 15) is 18.0 Å². The molecule has 0 bridgehead atoms. The fourth-order valence-corrected chi connectivity index (χ4v) is 4.89. The van der Waals surface area contributed by atoms with Crippen LogP contribution in [0.15, 0.2) is 31.3 Å². The Morgan fingerprint density at radius 2 is 1.68 bits per heavy atom. The van der Waals surface area contributed by atoms with E-state index in [1.165, 1.54) is 6.07 Å². The van der Waals surface area contributed by atoms with E-state index >= 15 is 0 Å². The molecule has 2 amide bonds. The minimum Gasteiger partial charge on any atom is -0.421 e. The zero-order valence-corrected chi connectivity index (χ0v) is 16.9. The molecule has 2 aromatic rings. The van der Waals surface area contributed by atoms with E-state index in [2.05, 4.69) is 10.5 Å². The average molecular weight is 405 g/mol. The van der Waals surface area contributed by atoms with Gasteiger partial charge in [-0.2, -0.15) is 5.10 Å². The number of fused-ring (bicyclic) bond motifs is 1. The summed E-state index contributed by atoms with van der Waals surface area (Å²) in [4.78, 5) is 23.7. The molecule has 0 aliphatic heterocycles. The van der Waals surface area contributed by atoms with Crippen LogP contribution in [0.25, 0.3) is 11.0 Å². The fourth-order valence-electron chi connectivity index (χ4n) is 3.63. The van der Waals surface area contributed by atoms with Gasteiger partial charge in [-0.15, -0.1) is 0 Å². The summed E-state index contributed by atoms with van der Waals surface area (Å²) in [5.74, 6) is 0. The van der Waals surface area contributed by atoms with E-state index in [4.69, 9.17) is 4.42 Å². The summed E-state index contributed by atoms with van der Waals surface area (Å²) in [6.45, 7) is 5.10. The van der Waals surface area contributed by atoms with E-state index in [-0.39, 0.29) is 10.5 Å². The van der Waals surface area contributed by atoms with Crippen LogP contribution >= 0.6 is 0 Å². The number of hydrogen-bond donors (Lipinski definition) is 2. The van der Waals surface area contributed by atoms with Crippen LogP contribution in [0.2, 0.25) is 0 Å². The van der Waals surface area contributed by atoms with Gasteiger partial charge in [0.05, 0.1) is 0 Å². The SMILES string of the molecule is Cc1cc(C)c2c(C)cc(=O)oc2c1S(=O)(=O)NC(=O)NN=C1CCCCC1. The van der Waals surface area contributed by atoms with Crippen molar-refractivity contribution in [1.29, 1.82) is 0 Å². The molecule has 0 spiro atoms. The number of nitrogens with zero attached hydrogens (tertiary/aromatic N) is 1. The molecule has 1 aromatic heterocycles. The van der Waals surface area contributed by atoms with Crippen LogP contribution < -0.4 is 15.8 Å². The van der Waals surface area contributed by atoms with Crippen molar-refractivity contribution in [3.63, 3.8) is 0 Å². The molecule has 28 heavy (non-hydrogen) atoms. The third kappa shape index (κ3) is 4.09. The van der Waals surface area contributed by atoms with Crippen LogP contribution in [-0.4, -0.2) is 20.2 Å². The normalized spacial score (nSPS) is 14.8. The molecular weight excluding hydrogens is 382 g/mol. The highest BCUT2D eigenvalue weighted by Gasteiger charge is 2.26. The van der Waals surface area contributed by atoms with Gasteiger partial charge in [0.15, 0.2) is 5.58 Å². The van der Waals surface area contributed by atoms with Gasteiger partial charge in [-0.3, -0.25) is 0 Å². The van der Waals surface area contributed by atoms with Gasteiger partial charge in [0.25, 0.3) is 10.0 Å². The predicted octanol–water partition coefficient (Wildman–Crippen LogP) is 3.03. The van der Waals surface area contributed by atoms with Crippen molar-refractivity contribution in [1.82, 2.24) is 10.1 Å². The Morgan fingerprint density at radius 1 is 1.04 bits per heavy atom. The molecule has 0 radical (unpaired) electrons. The molecule has 8 nitrogen and oxygen atoms in total. The molecule has 9 heteroatoms. The maximum absolute atomic E-state index is 12.9. The molecule has 0 atom stereocenters. The van der Waals surface area contributed by atoms with E-state index in [0.717, 1.165) is 43.4 Å². The van der Waals surface area contributed by atoms with Crippen molar-refractivity contribution < 1.29 is 17.6 Å². The standard InChI is InChI=1S/C19H23N3O5S/c1-11-9-13(3)18(17-16(11)12(2)10-15(23)27-17)28(25,26)22-19(24)21-20-14-7-5-4-6-8-14/h9-10H,4-8H2,1-3H3,(H2,21,22,24). The zero-order chi connectivity index (χ0) is 20.5. The first-order valence-electron chi connectivity index (χ1n) is 9.12. The molecule has 1 aliphatic carbocycles. The minimum absolute atomic E-state index is 0.0543. The van der Waals surface area contributed by atoms with Crippen molar-refractivity contribution in [3.8, 4) is 0 Å². The Kier molecular flexibility index (Phi) is 5.55. The van der Waals surface area contributed by atoms with Crippen molar-refractivity contribution in [3.05, 3.63) is 39.2 Å². The summed E-state index contributed by atoms with van der Waals surface area (Å²) in [6.07, 6.45) is 4.73. The molecular formula is C19H23N3O5S. The predicted molar refractivity (Wildman–Crippen MR) is 106 cm³/mol. The van der Waals surface area contributed by atoms with Crippen LogP contribution in [-0.2, 0) is 10.0 Å². The number of hydrazone groups is 1. The van der Waals surface area contributed by atoms with Gasteiger partial charge in [0.2, 0.25) is 0 Å². The summed E-state index contributed by atoms with van der Waals surface area (Å²) in [5.41, 5.74) is 4.14. The highest BCUT2D eigenvalue weighted by Crippen LogP contribution is 2.30. The van der Waals surface area contributed by atoms with Crippen LogP contribution in [0.1, 0.15) is 48.8 Å². The second-order valence-electron chi connectivity index (χ2n) is 7.08.